The molecular weight excluding hydrogens is 347 g/mol. The van der Waals surface area contributed by atoms with Crippen molar-refractivity contribution in [3.05, 3.63) is 46.0 Å². The molecule has 8 heteroatoms. The van der Waals surface area contributed by atoms with E-state index in [1.165, 1.54) is 12.1 Å². The molecule has 2 aromatic rings. The van der Waals surface area contributed by atoms with E-state index in [1.54, 1.807) is 26.8 Å². The van der Waals surface area contributed by atoms with E-state index in [1.807, 2.05) is 0 Å². The van der Waals surface area contributed by atoms with Crippen molar-refractivity contribution in [2.45, 2.75) is 32.7 Å². The fraction of sp³-hybridized carbons (Fsp3) is 0.333. The third kappa shape index (κ3) is 3.82. The number of hydrogen-bond donors (Lipinski definition) is 1. The number of amides is 1. The summed E-state index contributed by atoms with van der Waals surface area (Å²) in [7, 11) is 0. The van der Waals surface area contributed by atoms with E-state index in [2.05, 4.69) is 10.3 Å². The summed E-state index contributed by atoms with van der Waals surface area (Å²) in [6, 6.07) is 4.64. The molecule has 0 radical (unpaired) electrons. The van der Waals surface area contributed by atoms with Crippen molar-refractivity contribution >= 4 is 29.1 Å². The van der Waals surface area contributed by atoms with Crippen molar-refractivity contribution < 1.29 is 13.6 Å². The average Bonchev–Trinajstić information content (AvgIpc) is 2.81. The van der Waals surface area contributed by atoms with Gasteiger partial charge in [0.1, 0.15) is 12.0 Å². The molecule has 1 N–H and O–H groups in total. The molecule has 0 aliphatic heterocycles. The van der Waals surface area contributed by atoms with Gasteiger partial charge in [-0.15, -0.1) is 0 Å². The van der Waals surface area contributed by atoms with Gasteiger partial charge in [-0.1, -0.05) is 29.3 Å². The van der Waals surface area contributed by atoms with E-state index < -0.39 is 23.6 Å². The molecule has 0 aliphatic carbocycles. The van der Waals surface area contributed by atoms with E-state index in [0.717, 1.165) is 10.9 Å². The molecule has 0 aliphatic rings. The van der Waals surface area contributed by atoms with Crippen LogP contribution in [0.3, 0.4) is 0 Å². The Kier molecular flexibility index (Phi) is 4.96. The van der Waals surface area contributed by atoms with Crippen molar-refractivity contribution in [3.8, 4) is 5.69 Å². The Morgan fingerprint density at radius 2 is 1.83 bits per heavy atom. The van der Waals surface area contributed by atoms with Crippen LogP contribution in [0.15, 0.2) is 24.5 Å². The maximum absolute atomic E-state index is 13.5. The van der Waals surface area contributed by atoms with Crippen LogP contribution in [0.4, 0.5) is 8.78 Å². The number of halogens is 4. The molecule has 0 saturated carbocycles. The third-order valence-electron chi connectivity index (χ3n) is 2.89. The highest BCUT2D eigenvalue weighted by Crippen LogP contribution is 2.33. The second kappa shape index (κ2) is 6.45. The van der Waals surface area contributed by atoms with Crippen LogP contribution < -0.4 is 5.32 Å². The second-order valence-electron chi connectivity index (χ2n) is 5.92. The topological polar surface area (TPSA) is 46.9 Å². The maximum atomic E-state index is 13.5. The Morgan fingerprint density at radius 1 is 1.26 bits per heavy atom. The molecule has 1 aromatic carbocycles. The Morgan fingerprint density at radius 3 is 2.30 bits per heavy atom. The number of alkyl halides is 2. The van der Waals surface area contributed by atoms with Gasteiger partial charge in [-0.3, -0.25) is 9.36 Å². The summed E-state index contributed by atoms with van der Waals surface area (Å²) in [5.41, 5.74) is -1.33. The Bertz CT molecular complexity index is 719. The van der Waals surface area contributed by atoms with Crippen LogP contribution in [0.25, 0.3) is 5.69 Å². The summed E-state index contributed by atoms with van der Waals surface area (Å²) >= 11 is 12.1. The van der Waals surface area contributed by atoms with Gasteiger partial charge in [0.05, 0.1) is 15.7 Å². The van der Waals surface area contributed by atoms with Crippen LogP contribution in [0, 0.1) is 0 Å². The molecule has 0 spiro atoms. The molecule has 23 heavy (non-hydrogen) atoms. The average molecular weight is 362 g/mol. The molecule has 0 unspecified atom stereocenters. The fourth-order valence-electron chi connectivity index (χ4n) is 2.04. The molecule has 1 heterocycles. The van der Waals surface area contributed by atoms with Crippen LogP contribution >= 0.6 is 23.2 Å². The van der Waals surface area contributed by atoms with Crippen LogP contribution in [0.1, 0.15) is 43.4 Å². The van der Waals surface area contributed by atoms with Crippen molar-refractivity contribution in [1.29, 1.82) is 0 Å². The van der Waals surface area contributed by atoms with Crippen molar-refractivity contribution in [3.63, 3.8) is 0 Å². The number of aromatic nitrogens is 2. The Hall–Kier alpha value is -1.66. The number of imidazole rings is 1. The van der Waals surface area contributed by atoms with Crippen LogP contribution in [0.2, 0.25) is 10.0 Å². The van der Waals surface area contributed by atoms with Gasteiger partial charge in [0.25, 0.3) is 12.3 Å². The molecule has 0 fully saturated rings. The predicted molar refractivity (Wildman–Crippen MR) is 85.8 cm³/mol. The Balaban J connectivity index is 2.58. The number of nitrogens with zero attached hydrogens (tertiary/aromatic N) is 2. The number of rotatable bonds is 3. The van der Waals surface area contributed by atoms with E-state index in [4.69, 9.17) is 23.2 Å². The number of para-hydroxylation sites is 1. The van der Waals surface area contributed by atoms with Crippen LogP contribution in [-0.4, -0.2) is 21.0 Å². The number of carbonyl (C=O) groups is 1. The van der Waals surface area contributed by atoms with Gasteiger partial charge in [-0.05, 0) is 32.9 Å². The largest absolute Gasteiger partial charge is 0.346 e. The van der Waals surface area contributed by atoms with Gasteiger partial charge < -0.3 is 5.32 Å². The zero-order valence-electron chi connectivity index (χ0n) is 12.7. The molecule has 2 rings (SSSR count). The standard InChI is InChI=1S/C15H15Cl2F2N3O/c1-15(2,3)21-14(23)10-12(13(18)19)22(7-20-10)11-8(16)5-4-6-9(11)17/h4-7,13H,1-3H3,(H,21,23). The molecule has 4 nitrogen and oxygen atoms in total. The number of carbonyl (C=O) groups excluding carboxylic acids is 1. The van der Waals surface area contributed by atoms with E-state index >= 15 is 0 Å². The van der Waals surface area contributed by atoms with E-state index in [9.17, 15) is 13.6 Å². The molecule has 0 atom stereocenters. The zero-order chi connectivity index (χ0) is 17.4. The number of hydrogen-bond acceptors (Lipinski definition) is 2. The minimum atomic E-state index is -2.93. The number of nitrogens with one attached hydrogen (secondary N) is 1. The molecule has 0 saturated heterocycles. The number of benzene rings is 1. The van der Waals surface area contributed by atoms with Gasteiger partial charge >= 0.3 is 0 Å². The summed E-state index contributed by atoms with van der Waals surface area (Å²) in [6.45, 7) is 5.23. The molecule has 0 bridgehead atoms. The highest BCUT2D eigenvalue weighted by atomic mass is 35.5. The van der Waals surface area contributed by atoms with E-state index in [0.29, 0.717) is 0 Å². The van der Waals surface area contributed by atoms with Crippen molar-refractivity contribution in [1.82, 2.24) is 14.9 Å². The maximum Gasteiger partial charge on any atom is 0.281 e. The highest BCUT2D eigenvalue weighted by Gasteiger charge is 2.28. The summed E-state index contributed by atoms with van der Waals surface area (Å²) < 4.78 is 28.1. The summed E-state index contributed by atoms with van der Waals surface area (Å²) in [4.78, 5) is 16.0. The molecule has 1 amide bonds. The van der Waals surface area contributed by atoms with Crippen LogP contribution in [-0.2, 0) is 0 Å². The van der Waals surface area contributed by atoms with Gasteiger partial charge in [0.2, 0.25) is 0 Å². The smallest absolute Gasteiger partial charge is 0.281 e. The third-order valence-corrected chi connectivity index (χ3v) is 3.50. The molecule has 1 aromatic heterocycles. The zero-order valence-corrected chi connectivity index (χ0v) is 14.2. The fourth-order valence-corrected chi connectivity index (χ4v) is 2.62. The SMILES string of the molecule is CC(C)(C)NC(=O)c1ncn(-c2c(Cl)cccc2Cl)c1C(F)F. The first kappa shape index (κ1) is 17.7. The first-order chi connectivity index (χ1) is 10.6. The first-order valence-electron chi connectivity index (χ1n) is 6.74. The molecular formula is C15H15Cl2F2N3O. The summed E-state index contributed by atoms with van der Waals surface area (Å²) in [6.07, 6.45) is -1.81. The van der Waals surface area contributed by atoms with E-state index in [-0.39, 0.29) is 21.4 Å². The highest BCUT2D eigenvalue weighted by molar-refractivity contribution is 6.37. The first-order valence-corrected chi connectivity index (χ1v) is 7.49. The van der Waals surface area contributed by atoms with Crippen molar-refractivity contribution in [2.24, 2.45) is 0 Å². The lowest BCUT2D eigenvalue weighted by molar-refractivity contribution is 0.0898. The van der Waals surface area contributed by atoms with Gasteiger partial charge in [-0.25, -0.2) is 13.8 Å². The van der Waals surface area contributed by atoms with Crippen molar-refractivity contribution in [2.75, 3.05) is 0 Å². The monoisotopic (exact) mass is 361 g/mol. The summed E-state index contributed by atoms with van der Waals surface area (Å²) in [5.74, 6) is -0.685. The minimum Gasteiger partial charge on any atom is -0.346 e. The van der Waals surface area contributed by atoms with Gasteiger partial charge in [0, 0.05) is 5.54 Å². The quantitative estimate of drug-likeness (QED) is 0.864. The lowest BCUT2D eigenvalue weighted by Gasteiger charge is -2.20. The normalized spacial score (nSPS) is 11.8. The summed E-state index contributed by atoms with van der Waals surface area (Å²) in [5, 5.41) is 2.97. The lowest BCUT2D eigenvalue weighted by Crippen LogP contribution is -2.41. The second-order valence-corrected chi connectivity index (χ2v) is 6.74. The van der Waals surface area contributed by atoms with Gasteiger partial charge in [0.15, 0.2) is 5.69 Å². The van der Waals surface area contributed by atoms with Crippen LogP contribution in [0.5, 0.6) is 0 Å². The predicted octanol–water partition coefficient (Wildman–Crippen LogP) is 4.65. The minimum absolute atomic E-state index is 0.161. The Labute approximate surface area is 142 Å². The molecule has 124 valence electrons. The van der Waals surface area contributed by atoms with Gasteiger partial charge in [-0.2, -0.15) is 0 Å². The lowest BCUT2D eigenvalue weighted by atomic mass is 10.1.